The molecule has 0 spiro atoms. The van der Waals surface area contributed by atoms with Crippen molar-refractivity contribution in [3.8, 4) is 0 Å². The van der Waals surface area contributed by atoms with Gasteiger partial charge in [-0.25, -0.2) is 0 Å². The van der Waals surface area contributed by atoms with Crippen LogP contribution in [0.1, 0.15) is 46.5 Å². The van der Waals surface area contributed by atoms with Crippen LogP contribution in [0.25, 0.3) is 0 Å². The van der Waals surface area contributed by atoms with Gasteiger partial charge in [0.15, 0.2) is 0 Å². The lowest BCUT2D eigenvalue weighted by atomic mass is 9.73. The molecule has 1 fully saturated rings. The molecule has 18 heavy (non-hydrogen) atoms. The smallest absolute Gasteiger partial charge is 0.234 e. The summed E-state index contributed by atoms with van der Waals surface area (Å²) in [5, 5.41) is 13.0. The number of aliphatic hydroxyl groups is 1. The van der Waals surface area contributed by atoms with E-state index in [0.29, 0.717) is 13.1 Å². The zero-order valence-corrected chi connectivity index (χ0v) is 12.0. The van der Waals surface area contributed by atoms with E-state index in [0.717, 1.165) is 38.8 Å². The number of carbonyl (C=O) groups is 1. The number of likely N-dealkylation sites (N-methyl/N-ethyl adjacent to an activating group) is 1. The third-order valence-corrected chi connectivity index (χ3v) is 4.23. The minimum absolute atomic E-state index is 0.0673. The van der Waals surface area contributed by atoms with E-state index >= 15 is 0 Å². The van der Waals surface area contributed by atoms with E-state index in [1.807, 2.05) is 0 Å². The molecule has 0 saturated heterocycles. The van der Waals surface area contributed by atoms with Crippen LogP contribution in [0.15, 0.2) is 0 Å². The summed E-state index contributed by atoms with van der Waals surface area (Å²) in [6.07, 6.45) is 3.84. The fourth-order valence-electron chi connectivity index (χ4n) is 2.59. The first kappa shape index (κ1) is 15.4. The average molecular weight is 256 g/mol. The quantitative estimate of drug-likeness (QED) is 0.755. The van der Waals surface area contributed by atoms with E-state index in [2.05, 4.69) is 31.0 Å². The lowest BCUT2D eigenvalue weighted by Gasteiger charge is -2.38. The van der Waals surface area contributed by atoms with Gasteiger partial charge in [-0.2, -0.15) is 0 Å². The minimum atomic E-state index is -0.278. The van der Waals surface area contributed by atoms with Gasteiger partial charge >= 0.3 is 0 Å². The SMILES string of the molecule is CCN(CC)CC(=O)NC[C@@]1(C)CCCC[C@H]1O. The molecular formula is C14H28N2O2. The molecule has 4 nitrogen and oxygen atoms in total. The maximum Gasteiger partial charge on any atom is 0.234 e. The standard InChI is InChI=1S/C14H28N2O2/c1-4-16(5-2)10-13(18)15-11-14(3)9-7-6-8-12(14)17/h12,17H,4-11H2,1-3H3,(H,15,18)/t12-,14-/m1/s1. The predicted molar refractivity (Wildman–Crippen MR) is 73.4 cm³/mol. The highest BCUT2D eigenvalue weighted by Crippen LogP contribution is 2.35. The second-order valence-corrected chi connectivity index (χ2v) is 5.65. The number of rotatable bonds is 6. The van der Waals surface area contributed by atoms with E-state index in [-0.39, 0.29) is 17.4 Å². The van der Waals surface area contributed by atoms with Crippen LogP contribution in [0, 0.1) is 5.41 Å². The number of nitrogens with one attached hydrogen (secondary N) is 1. The van der Waals surface area contributed by atoms with Gasteiger partial charge in [-0.1, -0.05) is 33.6 Å². The molecule has 0 radical (unpaired) electrons. The molecule has 1 saturated carbocycles. The number of aliphatic hydroxyl groups excluding tert-OH is 1. The van der Waals surface area contributed by atoms with Gasteiger partial charge in [0.2, 0.25) is 5.91 Å². The highest BCUT2D eigenvalue weighted by molar-refractivity contribution is 5.78. The minimum Gasteiger partial charge on any atom is -0.392 e. The van der Waals surface area contributed by atoms with Crippen molar-refractivity contribution in [2.24, 2.45) is 5.41 Å². The first-order valence-electron chi connectivity index (χ1n) is 7.19. The Hall–Kier alpha value is -0.610. The molecule has 0 aromatic heterocycles. The Kier molecular flexibility index (Phi) is 6.09. The molecule has 1 aliphatic carbocycles. The molecule has 0 aliphatic heterocycles. The van der Waals surface area contributed by atoms with Crippen LogP contribution >= 0.6 is 0 Å². The van der Waals surface area contributed by atoms with Crippen molar-refractivity contribution in [3.63, 3.8) is 0 Å². The Morgan fingerprint density at radius 1 is 1.39 bits per heavy atom. The Bertz CT molecular complexity index is 267. The van der Waals surface area contributed by atoms with E-state index in [4.69, 9.17) is 0 Å². The summed E-state index contributed by atoms with van der Waals surface area (Å²) in [4.78, 5) is 13.9. The lowest BCUT2D eigenvalue weighted by molar-refractivity contribution is -0.123. The molecule has 1 amide bonds. The summed E-state index contributed by atoms with van der Waals surface area (Å²) in [5.74, 6) is 0.0673. The van der Waals surface area contributed by atoms with E-state index in [1.54, 1.807) is 0 Å². The van der Waals surface area contributed by atoms with Crippen molar-refractivity contribution in [3.05, 3.63) is 0 Å². The van der Waals surface area contributed by atoms with Gasteiger partial charge in [0.05, 0.1) is 12.6 Å². The normalized spacial score (nSPS) is 28.4. The van der Waals surface area contributed by atoms with Crippen molar-refractivity contribution in [1.82, 2.24) is 10.2 Å². The third kappa shape index (κ3) is 4.25. The van der Waals surface area contributed by atoms with Gasteiger partial charge in [-0.3, -0.25) is 9.69 Å². The van der Waals surface area contributed by atoms with Gasteiger partial charge in [-0.05, 0) is 25.9 Å². The number of amides is 1. The zero-order chi connectivity index (χ0) is 13.6. The molecule has 0 bridgehead atoms. The highest BCUT2D eigenvalue weighted by atomic mass is 16.3. The Labute approximate surface area is 111 Å². The molecule has 0 aromatic rings. The third-order valence-electron chi connectivity index (χ3n) is 4.23. The zero-order valence-electron chi connectivity index (χ0n) is 12.0. The maximum absolute atomic E-state index is 11.8. The second kappa shape index (κ2) is 7.10. The summed E-state index contributed by atoms with van der Waals surface area (Å²) in [6, 6.07) is 0. The van der Waals surface area contributed by atoms with Crippen LogP contribution in [0.2, 0.25) is 0 Å². The summed E-state index contributed by atoms with van der Waals surface area (Å²) in [7, 11) is 0. The molecule has 0 unspecified atom stereocenters. The van der Waals surface area contributed by atoms with Crippen molar-refractivity contribution in [1.29, 1.82) is 0 Å². The number of carbonyl (C=O) groups excluding carboxylic acids is 1. The molecule has 2 N–H and O–H groups in total. The van der Waals surface area contributed by atoms with Gasteiger partial charge in [0.1, 0.15) is 0 Å². The number of hydrogen-bond donors (Lipinski definition) is 2. The molecule has 0 aromatic carbocycles. The summed E-state index contributed by atoms with van der Waals surface area (Å²) in [6.45, 7) is 9.03. The van der Waals surface area contributed by atoms with Gasteiger partial charge in [-0.15, -0.1) is 0 Å². The Balaban J connectivity index is 2.37. The van der Waals surface area contributed by atoms with Crippen molar-refractivity contribution >= 4 is 5.91 Å². The molecule has 4 heteroatoms. The van der Waals surface area contributed by atoms with Crippen LogP contribution in [-0.4, -0.2) is 48.2 Å². The lowest BCUT2D eigenvalue weighted by Crippen LogP contribution is -2.47. The maximum atomic E-state index is 11.8. The first-order valence-corrected chi connectivity index (χ1v) is 7.19. The molecule has 0 heterocycles. The van der Waals surface area contributed by atoms with E-state index in [1.165, 1.54) is 0 Å². The highest BCUT2D eigenvalue weighted by Gasteiger charge is 2.35. The van der Waals surface area contributed by atoms with E-state index < -0.39 is 0 Å². The predicted octanol–water partition coefficient (Wildman–Crippen LogP) is 1.39. The molecular weight excluding hydrogens is 228 g/mol. The molecule has 1 aliphatic rings. The fraction of sp³-hybridized carbons (Fsp3) is 0.929. The van der Waals surface area contributed by atoms with Gasteiger partial charge < -0.3 is 10.4 Å². The monoisotopic (exact) mass is 256 g/mol. The average Bonchev–Trinajstić information content (AvgIpc) is 2.37. The largest absolute Gasteiger partial charge is 0.392 e. The summed E-state index contributed by atoms with van der Waals surface area (Å²) >= 11 is 0. The molecule has 106 valence electrons. The summed E-state index contributed by atoms with van der Waals surface area (Å²) < 4.78 is 0. The van der Waals surface area contributed by atoms with Crippen LogP contribution in [0.5, 0.6) is 0 Å². The van der Waals surface area contributed by atoms with Gasteiger partial charge in [0.25, 0.3) is 0 Å². The number of nitrogens with zero attached hydrogens (tertiary/aromatic N) is 1. The van der Waals surface area contributed by atoms with Crippen molar-refractivity contribution in [2.45, 2.75) is 52.6 Å². The summed E-state index contributed by atoms with van der Waals surface area (Å²) in [5.41, 5.74) is -0.142. The van der Waals surface area contributed by atoms with E-state index in [9.17, 15) is 9.90 Å². The fourth-order valence-corrected chi connectivity index (χ4v) is 2.59. The molecule has 1 rings (SSSR count). The van der Waals surface area contributed by atoms with Crippen LogP contribution < -0.4 is 5.32 Å². The van der Waals surface area contributed by atoms with Gasteiger partial charge in [0, 0.05) is 12.0 Å². The van der Waals surface area contributed by atoms with Crippen LogP contribution in [0.3, 0.4) is 0 Å². The van der Waals surface area contributed by atoms with Crippen molar-refractivity contribution < 1.29 is 9.90 Å². The first-order chi connectivity index (χ1) is 8.51. The Morgan fingerprint density at radius 3 is 2.61 bits per heavy atom. The van der Waals surface area contributed by atoms with Crippen LogP contribution in [-0.2, 0) is 4.79 Å². The van der Waals surface area contributed by atoms with Crippen molar-refractivity contribution in [2.75, 3.05) is 26.2 Å². The topological polar surface area (TPSA) is 52.6 Å². The Morgan fingerprint density at radius 2 is 2.06 bits per heavy atom. The molecule has 2 atom stereocenters. The second-order valence-electron chi connectivity index (χ2n) is 5.65. The number of hydrogen-bond acceptors (Lipinski definition) is 3. The van der Waals surface area contributed by atoms with Crippen LogP contribution in [0.4, 0.5) is 0 Å².